The van der Waals surface area contributed by atoms with E-state index in [1.807, 2.05) is 0 Å². The number of hydrogen-bond donors (Lipinski definition) is 1. The molecule has 1 atom stereocenters. The van der Waals surface area contributed by atoms with Crippen LogP contribution < -0.4 is 9.62 Å². The van der Waals surface area contributed by atoms with Crippen molar-refractivity contribution in [1.82, 2.24) is 10.2 Å². The summed E-state index contributed by atoms with van der Waals surface area (Å²) in [4.78, 5) is 29.4. The van der Waals surface area contributed by atoms with Crippen molar-refractivity contribution < 1.29 is 31.2 Å². The number of rotatable bonds is 11. The lowest BCUT2D eigenvalue weighted by Gasteiger charge is -2.35. The Morgan fingerprint density at radius 1 is 0.812 bits per heavy atom. The minimum atomic E-state index is -4.91. The Morgan fingerprint density at radius 3 is 2.00 bits per heavy atom. The van der Waals surface area contributed by atoms with Crippen LogP contribution in [0.4, 0.5) is 18.9 Å². The third-order valence-electron chi connectivity index (χ3n) is 7.16. The molecule has 0 radical (unpaired) electrons. The van der Waals surface area contributed by atoms with E-state index in [0.717, 1.165) is 17.7 Å². The van der Waals surface area contributed by atoms with E-state index in [4.69, 9.17) is 23.2 Å². The summed E-state index contributed by atoms with van der Waals surface area (Å²) >= 11 is 12.1. The largest absolute Gasteiger partial charge is 0.417 e. The van der Waals surface area contributed by atoms with Crippen molar-refractivity contribution in [3.8, 4) is 0 Å². The van der Waals surface area contributed by atoms with E-state index in [9.17, 15) is 31.2 Å². The van der Waals surface area contributed by atoms with Crippen molar-refractivity contribution in [2.24, 2.45) is 0 Å². The highest BCUT2D eigenvalue weighted by molar-refractivity contribution is 7.92. The number of nitrogens with zero attached hydrogens (tertiary/aromatic N) is 2. The smallest absolute Gasteiger partial charge is 0.350 e. The number of benzene rings is 4. The van der Waals surface area contributed by atoms with Crippen LogP contribution in [0.25, 0.3) is 0 Å². The highest BCUT2D eigenvalue weighted by Gasteiger charge is 2.38. The van der Waals surface area contributed by atoms with Crippen molar-refractivity contribution >= 4 is 50.7 Å². The zero-order valence-electron chi connectivity index (χ0n) is 26.3. The molecule has 254 valence electrons. The molecule has 0 saturated heterocycles. The molecule has 0 aliphatic rings. The highest BCUT2D eigenvalue weighted by atomic mass is 35.5. The third kappa shape index (κ3) is 9.52. The first-order valence-electron chi connectivity index (χ1n) is 14.8. The molecule has 0 fully saturated rings. The number of anilines is 1. The lowest BCUT2D eigenvalue weighted by Crippen LogP contribution is -2.56. The Bertz CT molecular complexity index is 1850. The third-order valence-corrected chi connectivity index (χ3v) is 9.52. The predicted molar refractivity (Wildman–Crippen MR) is 181 cm³/mol. The molecular formula is C35H34Cl2F3N3O4S. The molecule has 48 heavy (non-hydrogen) atoms. The first-order valence-corrected chi connectivity index (χ1v) is 17.0. The lowest BCUT2D eigenvalue weighted by atomic mass is 10.0. The van der Waals surface area contributed by atoms with Crippen LogP contribution in [0.15, 0.2) is 108 Å². The number of sulfonamides is 1. The van der Waals surface area contributed by atoms with Crippen molar-refractivity contribution in [2.75, 3.05) is 10.8 Å². The van der Waals surface area contributed by atoms with Gasteiger partial charge in [-0.05, 0) is 74.4 Å². The van der Waals surface area contributed by atoms with Gasteiger partial charge in [0.05, 0.1) is 21.2 Å². The molecule has 0 bridgehead atoms. The number of nitrogens with one attached hydrogen (secondary N) is 1. The summed E-state index contributed by atoms with van der Waals surface area (Å²) in [6, 6.07) is 24.0. The fourth-order valence-corrected chi connectivity index (χ4v) is 6.84. The Kier molecular flexibility index (Phi) is 11.5. The number of hydrogen-bond acceptors (Lipinski definition) is 4. The summed E-state index contributed by atoms with van der Waals surface area (Å²) in [5, 5.41) is 2.64. The summed E-state index contributed by atoms with van der Waals surface area (Å²) < 4.78 is 70.5. The lowest BCUT2D eigenvalue weighted by molar-refractivity contribution is -0.140. The first kappa shape index (κ1) is 36.8. The molecule has 13 heteroatoms. The molecule has 0 aromatic heterocycles. The predicted octanol–water partition coefficient (Wildman–Crippen LogP) is 7.76. The van der Waals surface area contributed by atoms with Gasteiger partial charge in [0.25, 0.3) is 10.0 Å². The van der Waals surface area contributed by atoms with Gasteiger partial charge in [-0.2, -0.15) is 13.2 Å². The van der Waals surface area contributed by atoms with Gasteiger partial charge in [0.1, 0.15) is 12.6 Å². The molecule has 0 spiro atoms. The highest BCUT2D eigenvalue weighted by Crippen LogP contribution is 2.38. The van der Waals surface area contributed by atoms with Crippen LogP contribution in [0.1, 0.15) is 37.5 Å². The molecule has 0 saturated carbocycles. The normalized spacial score (nSPS) is 12.7. The van der Waals surface area contributed by atoms with Gasteiger partial charge in [-0.15, -0.1) is 0 Å². The Balaban J connectivity index is 1.87. The quantitative estimate of drug-likeness (QED) is 0.172. The van der Waals surface area contributed by atoms with Gasteiger partial charge in [0.15, 0.2) is 0 Å². The fourth-order valence-electron chi connectivity index (χ4n) is 4.97. The van der Waals surface area contributed by atoms with Gasteiger partial charge in [0.2, 0.25) is 11.8 Å². The summed E-state index contributed by atoms with van der Waals surface area (Å²) in [6.07, 6.45) is -4.86. The van der Waals surface area contributed by atoms with Gasteiger partial charge < -0.3 is 10.2 Å². The maximum Gasteiger partial charge on any atom is 0.417 e. The Hall–Kier alpha value is -4.06. The van der Waals surface area contributed by atoms with Crippen molar-refractivity contribution in [3.63, 3.8) is 0 Å². The number of halogens is 5. The zero-order valence-corrected chi connectivity index (χ0v) is 28.7. The molecule has 4 aromatic rings. The molecule has 1 N–H and O–H groups in total. The molecule has 0 unspecified atom stereocenters. The van der Waals surface area contributed by atoms with Crippen LogP contribution in [-0.2, 0) is 38.8 Å². The van der Waals surface area contributed by atoms with Crippen LogP contribution in [0.3, 0.4) is 0 Å². The van der Waals surface area contributed by atoms with E-state index in [1.54, 1.807) is 81.4 Å². The number of carbonyl (C=O) groups is 2. The average Bonchev–Trinajstić information content (AvgIpc) is 3.01. The Labute approximate surface area is 288 Å². The first-order chi connectivity index (χ1) is 22.5. The SMILES string of the molecule is CC(C)(C)NC(=O)[C@H](Cc1ccccc1)N(Cc1cccc(Cl)c1)C(=O)CN(c1ccc(Cl)c(C(F)(F)F)c1)S(=O)(=O)c1ccccc1. The molecule has 0 heterocycles. The minimum Gasteiger partial charge on any atom is -0.350 e. The second-order valence-corrected chi connectivity index (χ2v) is 14.8. The molecule has 2 amide bonds. The van der Waals surface area contributed by atoms with E-state index >= 15 is 0 Å². The van der Waals surface area contributed by atoms with Gasteiger partial charge in [-0.3, -0.25) is 13.9 Å². The topological polar surface area (TPSA) is 86.8 Å². The van der Waals surface area contributed by atoms with E-state index in [1.165, 1.54) is 29.2 Å². The van der Waals surface area contributed by atoms with Gasteiger partial charge in [-0.1, -0.05) is 83.9 Å². The molecule has 4 rings (SSSR count). The molecule has 0 aliphatic heterocycles. The second kappa shape index (κ2) is 15.0. The van der Waals surface area contributed by atoms with Crippen molar-refractivity contribution in [2.45, 2.75) is 56.4 Å². The van der Waals surface area contributed by atoms with Gasteiger partial charge in [-0.25, -0.2) is 8.42 Å². The van der Waals surface area contributed by atoms with E-state index in [2.05, 4.69) is 5.32 Å². The van der Waals surface area contributed by atoms with Crippen LogP contribution in [0.2, 0.25) is 10.0 Å². The zero-order chi connectivity index (χ0) is 35.3. The van der Waals surface area contributed by atoms with Gasteiger partial charge in [0, 0.05) is 23.5 Å². The van der Waals surface area contributed by atoms with Crippen LogP contribution in [0.5, 0.6) is 0 Å². The standard InChI is InChI=1S/C35H34Cl2F3N3O4S/c1-34(2,3)41-33(45)31(20-24-11-6-4-7-12-24)42(22-25-13-10-14-26(36)19-25)32(44)23-43(48(46,47)28-15-8-5-9-16-28)27-17-18-30(37)29(21-27)35(38,39)40/h4-19,21,31H,20,22-23H2,1-3H3,(H,41,45)/t31-/m0/s1. The monoisotopic (exact) mass is 719 g/mol. The average molecular weight is 721 g/mol. The summed E-state index contributed by atoms with van der Waals surface area (Å²) in [7, 11) is -4.62. The van der Waals surface area contributed by atoms with Crippen LogP contribution >= 0.6 is 23.2 Å². The second-order valence-electron chi connectivity index (χ2n) is 12.1. The molecule has 0 aliphatic carbocycles. The minimum absolute atomic E-state index is 0.0552. The fraction of sp³-hybridized carbons (Fsp3) is 0.257. The van der Waals surface area contributed by atoms with Crippen LogP contribution in [-0.4, -0.2) is 43.3 Å². The summed E-state index contributed by atoms with van der Waals surface area (Å²) in [6.45, 7) is 4.23. The van der Waals surface area contributed by atoms with E-state index in [-0.39, 0.29) is 17.9 Å². The number of amides is 2. The van der Waals surface area contributed by atoms with E-state index < -0.39 is 62.4 Å². The van der Waals surface area contributed by atoms with E-state index in [0.29, 0.717) is 21.0 Å². The molecule has 7 nitrogen and oxygen atoms in total. The Morgan fingerprint density at radius 2 is 1.42 bits per heavy atom. The maximum absolute atomic E-state index is 14.5. The molecular weight excluding hydrogens is 686 g/mol. The summed E-state index contributed by atoms with van der Waals surface area (Å²) in [5.41, 5.74) is -1.15. The van der Waals surface area contributed by atoms with Crippen LogP contribution in [0, 0.1) is 0 Å². The van der Waals surface area contributed by atoms with Crippen molar-refractivity contribution in [1.29, 1.82) is 0 Å². The number of alkyl halides is 3. The molecule has 4 aromatic carbocycles. The maximum atomic E-state index is 14.5. The van der Waals surface area contributed by atoms with Gasteiger partial charge >= 0.3 is 6.18 Å². The number of carbonyl (C=O) groups excluding carboxylic acids is 2. The van der Waals surface area contributed by atoms with Crippen molar-refractivity contribution in [3.05, 3.63) is 130 Å². The summed E-state index contributed by atoms with van der Waals surface area (Å²) in [5.74, 6) is -1.35.